The second-order valence-corrected chi connectivity index (χ2v) is 3.34. The third-order valence-corrected chi connectivity index (χ3v) is 2.59. The van der Waals surface area contributed by atoms with Gasteiger partial charge in [-0.25, -0.2) is 0 Å². The summed E-state index contributed by atoms with van der Waals surface area (Å²) in [6, 6.07) is 0. The molecule has 10 heavy (non-hydrogen) atoms. The topological polar surface area (TPSA) is 9.72 Å². The standard InChI is InChI=1S/C7H15N3/c1-8-3-5-10-6-4-9(2)7(8)10/h7H,3-6H2,1-2H3. The Morgan fingerprint density at radius 3 is 1.80 bits per heavy atom. The van der Waals surface area contributed by atoms with Gasteiger partial charge in [0.2, 0.25) is 0 Å². The smallest absolute Gasteiger partial charge is 0.119 e. The Bertz CT molecular complexity index is 123. The first-order valence-corrected chi connectivity index (χ1v) is 3.93. The third kappa shape index (κ3) is 0.779. The van der Waals surface area contributed by atoms with Crippen LogP contribution in [0.4, 0.5) is 0 Å². The van der Waals surface area contributed by atoms with E-state index >= 15 is 0 Å². The van der Waals surface area contributed by atoms with Gasteiger partial charge in [-0.2, -0.15) is 0 Å². The van der Waals surface area contributed by atoms with E-state index in [4.69, 9.17) is 0 Å². The second-order valence-electron chi connectivity index (χ2n) is 3.34. The van der Waals surface area contributed by atoms with Gasteiger partial charge < -0.3 is 0 Å². The predicted molar refractivity (Wildman–Crippen MR) is 40.6 cm³/mol. The summed E-state index contributed by atoms with van der Waals surface area (Å²) in [4.78, 5) is 7.35. The van der Waals surface area contributed by atoms with Crippen molar-refractivity contribution in [2.75, 3.05) is 40.3 Å². The van der Waals surface area contributed by atoms with E-state index in [1.165, 1.54) is 26.2 Å². The zero-order valence-electron chi connectivity index (χ0n) is 6.75. The zero-order valence-corrected chi connectivity index (χ0v) is 6.75. The molecule has 2 aliphatic heterocycles. The molecule has 0 aromatic carbocycles. The van der Waals surface area contributed by atoms with E-state index in [-0.39, 0.29) is 0 Å². The minimum absolute atomic E-state index is 0.611. The van der Waals surface area contributed by atoms with Gasteiger partial charge in [0.25, 0.3) is 0 Å². The van der Waals surface area contributed by atoms with Crippen LogP contribution in [0.3, 0.4) is 0 Å². The maximum atomic E-state index is 2.53. The van der Waals surface area contributed by atoms with Crippen molar-refractivity contribution in [2.24, 2.45) is 0 Å². The molecule has 2 aliphatic rings. The van der Waals surface area contributed by atoms with Gasteiger partial charge in [-0.1, -0.05) is 0 Å². The normalized spacial score (nSPS) is 31.8. The lowest BCUT2D eigenvalue weighted by atomic mass is 10.5. The fraction of sp³-hybridized carbons (Fsp3) is 1.00. The molecular weight excluding hydrogens is 126 g/mol. The van der Waals surface area contributed by atoms with E-state index in [2.05, 4.69) is 28.8 Å². The molecule has 2 fully saturated rings. The highest BCUT2D eigenvalue weighted by Crippen LogP contribution is 2.19. The van der Waals surface area contributed by atoms with Crippen molar-refractivity contribution in [3.05, 3.63) is 0 Å². The number of rotatable bonds is 0. The fourth-order valence-electron chi connectivity index (χ4n) is 2.04. The first-order valence-electron chi connectivity index (χ1n) is 3.93. The molecule has 0 saturated carbocycles. The average molecular weight is 141 g/mol. The Kier molecular flexibility index (Phi) is 1.44. The lowest BCUT2D eigenvalue weighted by Gasteiger charge is -2.25. The van der Waals surface area contributed by atoms with E-state index in [9.17, 15) is 0 Å². The Morgan fingerprint density at radius 1 is 0.900 bits per heavy atom. The summed E-state index contributed by atoms with van der Waals surface area (Å²) in [5.41, 5.74) is 0. The summed E-state index contributed by atoms with van der Waals surface area (Å²) < 4.78 is 0. The molecule has 0 N–H and O–H groups in total. The quantitative estimate of drug-likeness (QED) is 0.449. The summed E-state index contributed by atoms with van der Waals surface area (Å²) in [5, 5.41) is 0. The predicted octanol–water partition coefficient (Wildman–Crippen LogP) is -0.537. The zero-order chi connectivity index (χ0) is 7.14. The molecule has 58 valence electrons. The molecule has 0 amide bonds. The highest BCUT2D eigenvalue weighted by Gasteiger charge is 2.36. The van der Waals surface area contributed by atoms with Crippen molar-refractivity contribution >= 4 is 0 Å². The molecule has 3 heteroatoms. The molecule has 0 atom stereocenters. The minimum Gasteiger partial charge on any atom is -0.277 e. The van der Waals surface area contributed by atoms with Crippen LogP contribution >= 0.6 is 0 Å². The SMILES string of the molecule is CN1CCN2CCN(C)C12. The van der Waals surface area contributed by atoms with Gasteiger partial charge in [-0.05, 0) is 14.1 Å². The van der Waals surface area contributed by atoms with Crippen molar-refractivity contribution in [1.82, 2.24) is 14.7 Å². The van der Waals surface area contributed by atoms with Gasteiger partial charge in [0, 0.05) is 26.2 Å². The van der Waals surface area contributed by atoms with Crippen LogP contribution in [-0.4, -0.2) is 61.3 Å². The van der Waals surface area contributed by atoms with E-state index in [0.29, 0.717) is 6.29 Å². The number of hydrogen-bond acceptors (Lipinski definition) is 3. The van der Waals surface area contributed by atoms with Crippen LogP contribution in [0.1, 0.15) is 0 Å². The highest BCUT2D eigenvalue weighted by molar-refractivity contribution is 4.84. The van der Waals surface area contributed by atoms with Crippen molar-refractivity contribution in [3.63, 3.8) is 0 Å². The van der Waals surface area contributed by atoms with Crippen LogP contribution in [0, 0.1) is 0 Å². The summed E-state index contributed by atoms with van der Waals surface area (Å²) in [6.45, 7) is 4.97. The molecule has 0 radical (unpaired) electrons. The highest BCUT2D eigenvalue weighted by atomic mass is 15.6. The Balaban J connectivity index is 2.11. The molecule has 0 bridgehead atoms. The minimum atomic E-state index is 0.611. The molecule has 2 saturated heterocycles. The molecule has 2 rings (SSSR count). The van der Waals surface area contributed by atoms with Gasteiger partial charge in [0.05, 0.1) is 0 Å². The first kappa shape index (κ1) is 6.58. The summed E-state index contributed by atoms with van der Waals surface area (Å²) in [6.07, 6.45) is 0.611. The molecule has 0 spiro atoms. The summed E-state index contributed by atoms with van der Waals surface area (Å²) in [5.74, 6) is 0. The molecule has 3 nitrogen and oxygen atoms in total. The maximum absolute atomic E-state index is 2.53. The summed E-state index contributed by atoms with van der Waals surface area (Å²) in [7, 11) is 4.40. The molecule has 0 unspecified atom stereocenters. The lowest BCUT2D eigenvalue weighted by molar-refractivity contribution is 0.0882. The van der Waals surface area contributed by atoms with Crippen LogP contribution in [0.25, 0.3) is 0 Å². The second kappa shape index (κ2) is 2.19. The third-order valence-electron chi connectivity index (χ3n) is 2.59. The molecule has 0 aliphatic carbocycles. The van der Waals surface area contributed by atoms with Crippen molar-refractivity contribution < 1.29 is 0 Å². The number of likely N-dealkylation sites (N-methyl/N-ethyl adjacent to an activating group) is 2. The number of fused-ring (bicyclic) bond motifs is 1. The summed E-state index contributed by atoms with van der Waals surface area (Å²) >= 11 is 0. The van der Waals surface area contributed by atoms with Gasteiger partial charge in [-0.3, -0.25) is 14.7 Å². The number of hydrogen-bond donors (Lipinski definition) is 0. The number of nitrogens with zero attached hydrogens (tertiary/aromatic N) is 3. The van der Waals surface area contributed by atoms with E-state index in [0.717, 1.165) is 0 Å². The molecule has 0 aromatic rings. The largest absolute Gasteiger partial charge is 0.277 e. The van der Waals surface area contributed by atoms with E-state index < -0.39 is 0 Å². The van der Waals surface area contributed by atoms with Crippen LogP contribution in [0.5, 0.6) is 0 Å². The molecular formula is C7H15N3. The van der Waals surface area contributed by atoms with Gasteiger partial charge in [0.15, 0.2) is 0 Å². The van der Waals surface area contributed by atoms with Crippen molar-refractivity contribution in [2.45, 2.75) is 6.29 Å². The van der Waals surface area contributed by atoms with Crippen molar-refractivity contribution in [3.8, 4) is 0 Å². The van der Waals surface area contributed by atoms with Crippen LogP contribution in [0.15, 0.2) is 0 Å². The average Bonchev–Trinajstić information content (AvgIpc) is 2.40. The Morgan fingerprint density at radius 2 is 1.40 bits per heavy atom. The van der Waals surface area contributed by atoms with Crippen LogP contribution < -0.4 is 0 Å². The molecule has 0 aromatic heterocycles. The van der Waals surface area contributed by atoms with E-state index in [1.54, 1.807) is 0 Å². The maximum Gasteiger partial charge on any atom is 0.119 e. The van der Waals surface area contributed by atoms with E-state index in [1.807, 2.05) is 0 Å². The van der Waals surface area contributed by atoms with Gasteiger partial charge in [-0.15, -0.1) is 0 Å². The van der Waals surface area contributed by atoms with Crippen LogP contribution in [0.2, 0.25) is 0 Å². The van der Waals surface area contributed by atoms with Gasteiger partial charge in [0.1, 0.15) is 6.29 Å². The fourth-order valence-corrected chi connectivity index (χ4v) is 2.04. The van der Waals surface area contributed by atoms with Crippen molar-refractivity contribution in [1.29, 1.82) is 0 Å². The van der Waals surface area contributed by atoms with Gasteiger partial charge >= 0.3 is 0 Å². The monoisotopic (exact) mass is 141 g/mol. The van der Waals surface area contributed by atoms with Crippen LogP contribution in [-0.2, 0) is 0 Å². The Hall–Kier alpha value is -0.120. The molecule has 2 heterocycles. The first-order chi connectivity index (χ1) is 4.79. The Labute approximate surface area is 62.2 Å². The lowest BCUT2D eigenvalue weighted by Crippen LogP contribution is -2.41.